The molecule has 0 radical (unpaired) electrons. The quantitative estimate of drug-likeness (QED) is 0.141. The molecule has 0 saturated heterocycles. The molecule has 0 aliphatic rings. The van der Waals surface area contributed by atoms with Gasteiger partial charge in [0.1, 0.15) is 0 Å². The summed E-state index contributed by atoms with van der Waals surface area (Å²) in [7, 11) is -9.89. The van der Waals surface area contributed by atoms with Gasteiger partial charge >= 0.3 is 27.3 Å². The van der Waals surface area contributed by atoms with Gasteiger partial charge in [-0.25, -0.2) is 37.3 Å². The minimum Gasteiger partial charge on any atom is -0.397 e. The zero-order chi connectivity index (χ0) is 24.4. The first-order chi connectivity index (χ1) is 14.8. The van der Waals surface area contributed by atoms with E-state index in [2.05, 4.69) is 9.97 Å². The van der Waals surface area contributed by atoms with Gasteiger partial charge in [0.2, 0.25) is 0 Å². The number of nitrogens with zero attached hydrogens (tertiary/aromatic N) is 2. The standard InChI is InChI=1S/2C9H8N2.Cd.2ClHO4/c2*10-8-5-1-3-7-4-2-6-11-9(7)8;;2*2-1(3,4)5/h2*1-6H,10H2;;2*(H,2,3,4,5)/q;;+2;;/p-2. The zero-order valence-electron chi connectivity index (χ0n) is 16.7. The van der Waals surface area contributed by atoms with Crippen molar-refractivity contribution in [2.45, 2.75) is 0 Å². The molecule has 0 saturated carbocycles. The molecular weight excluding hydrogens is 584 g/mol. The third-order valence-corrected chi connectivity index (χ3v) is 3.33. The number of rotatable bonds is 0. The molecule has 0 fully saturated rings. The smallest absolute Gasteiger partial charge is 0.397 e. The van der Waals surface area contributed by atoms with Crippen molar-refractivity contribution >= 4 is 33.2 Å². The summed E-state index contributed by atoms with van der Waals surface area (Å²) in [4.78, 5) is 8.31. The van der Waals surface area contributed by atoms with Gasteiger partial charge in [-0.1, -0.05) is 36.4 Å². The van der Waals surface area contributed by atoms with Crippen LogP contribution in [0.15, 0.2) is 73.1 Å². The van der Waals surface area contributed by atoms with Gasteiger partial charge < -0.3 is 11.5 Å². The van der Waals surface area contributed by atoms with E-state index in [4.69, 9.17) is 48.7 Å². The summed E-state index contributed by atoms with van der Waals surface area (Å²) < 4.78 is 67.9. The van der Waals surface area contributed by atoms with Crippen molar-refractivity contribution in [2.75, 3.05) is 11.5 Å². The number of aromatic nitrogens is 2. The Morgan fingerprint density at radius 2 is 0.788 bits per heavy atom. The predicted octanol–water partition coefficient (Wildman–Crippen LogP) is -5.88. The molecular formula is C18H16CdCl2N4O8. The first-order valence-electron chi connectivity index (χ1n) is 8.17. The Morgan fingerprint density at radius 3 is 1.06 bits per heavy atom. The van der Waals surface area contributed by atoms with Crippen LogP contribution < -0.4 is 48.7 Å². The van der Waals surface area contributed by atoms with E-state index >= 15 is 0 Å². The Hall–Kier alpha value is -1.96. The molecule has 4 aromatic rings. The molecule has 2 aromatic carbocycles. The third kappa shape index (κ3) is 14.7. The van der Waals surface area contributed by atoms with E-state index in [1.807, 2.05) is 60.7 Å². The molecule has 0 atom stereocenters. The number of halogens is 2. The number of fused-ring (bicyclic) bond motifs is 2. The first kappa shape index (κ1) is 31.0. The minimum atomic E-state index is -4.94. The number of hydrogen-bond donors (Lipinski definition) is 2. The number of pyridine rings is 2. The Kier molecular flexibility index (Phi) is 13.5. The average molecular weight is 600 g/mol. The van der Waals surface area contributed by atoms with E-state index in [1.165, 1.54) is 0 Å². The van der Waals surface area contributed by atoms with Crippen LogP contribution in [0.3, 0.4) is 0 Å². The van der Waals surface area contributed by atoms with Crippen LogP contribution in [0.4, 0.5) is 11.4 Å². The largest absolute Gasteiger partial charge is 2.00 e. The van der Waals surface area contributed by atoms with E-state index in [1.54, 1.807) is 12.4 Å². The Morgan fingerprint density at radius 1 is 0.515 bits per heavy atom. The van der Waals surface area contributed by atoms with Gasteiger partial charge in [-0.15, -0.1) is 20.5 Å². The van der Waals surface area contributed by atoms with E-state index in [0.717, 1.165) is 33.2 Å². The molecule has 4 rings (SSSR count). The molecule has 0 unspecified atom stereocenters. The molecule has 15 heteroatoms. The second-order valence-electron chi connectivity index (χ2n) is 5.60. The summed E-state index contributed by atoms with van der Waals surface area (Å²) in [6, 6.07) is 19.4. The first-order valence-corrected chi connectivity index (χ1v) is 10.6. The number of para-hydroxylation sites is 2. The molecule has 0 bridgehead atoms. The summed E-state index contributed by atoms with van der Waals surface area (Å²) in [6.07, 6.45) is 3.50. The van der Waals surface area contributed by atoms with E-state index in [-0.39, 0.29) is 27.3 Å². The van der Waals surface area contributed by atoms with Crippen molar-refractivity contribution in [3.05, 3.63) is 73.1 Å². The molecule has 12 nitrogen and oxygen atoms in total. The summed E-state index contributed by atoms with van der Waals surface area (Å²) in [5.74, 6) is 0. The molecule has 0 spiro atoms. The van der Waals surface area contributed by atoms with E-state index in [9.17, 15) is 0 Å². The SMILES string of the molecule is Nc1cccc2cccnc12.Nc1cccc2cccnc12.[Cd+2].[O-][Cl+3]([O-])([O-])[O-].[O-][Cl+3]([O-])([O-])[O-]. The predicted molar refractivity (Wildman–Crippen MR) is 92.3 cm³/mol. The van der Waals surface area contributed by atoms with Gasteiger partial charge in [0.05, 0.1) is 22.4 Å². The summed E-state index contributed by atoms with van der Waals surface area (Å²) in [5, 5.41) is 2.18. The van der Waals surface area contributed by atoms with Crippen molar-refractivity contribution in [1.29, 1.82) is 0 Å². The van der Waals surface area contributed by atoms with Gasteiger partial charge in [0, 0.05) is 23.2 Å². The number of nitrogen functional groups attached to an aromatic ring is 2. The normalized spacial score (nSPS) is 10.4. The molecule has 0 aliphatic carbocycles. The maximum atomic E-state index is 8.49. The minimum absolute atomic E-state index is 0. The van der Waals surface area contributed by atoms with Crippen LogP contribution in [0.5, 0.6) is 0 Å². The van der Waals surface area contributed by atoms with Crippen LogP contribution in [-0.4, -0.2) is 9.97 Å². The van der Waals surface area contributed by atoms with Crippen LogP contribution in [0, 0.1) is 20.5 Å². The zero-order valence-corrected chi connectivity index (χ0v) is 22.3. The van der Waals surface area contributed by atoms with E-state index < -0.39 is 20.5 Å². The van der Waals surface area contributed by atoms with Crippen LogP contribution in [0.25, 0.3) is 21.8 Å². The fourth-order valence-corrected chi connectivity index (χ4v) is 2.26. The van der Waals surface area contributed by atoms with Crippen LogP contribution in [0.1, 0.15) is 0 Å². The average Bonchev–Trinajstić information content (AvgIpc) is 2.67. The van der Waals surface area contributed by atoms with Crippen LogP contribution >= 0.6 is 0 Å². The van der Waals surface area contributed by atoms with Crippen molar-refractivity contribution < 1.29 is 85.1 Å². The third-order valence-electron chi connectivity index (χ3n) is 3.33. The van der Waals surface area contributed by atoms with Gasteiger partial charge in [0.25, 0.3) is 0 Å². The molecule has 2 heterocycles. The van der Waals surface area contributed by atoms with Gasteiger partial charge in [-0.2, -0.15) is 0 Å². The van der Waals surface area contributed by atoms with Crippen molar-refractivity contribution in [1.82, 2.24) is 9.97 Å². The van der Waals surface area contributed by atoms with Gasteiger partial charge in [0.15, 0.2) is 0 Å². The molecule has 33 heavy (non-hydrogen) atoms. The Bertz CT molecular complexity index is 1020. The summed E-state index contributed by atoms with van der Waals surface area (Å²) in [5.41, 5.74) is 14.6. The fourth-order valence-electron chi connectivity index (χ4n) is 2.26. The summed E-state index contributed by atoms with van der Waals surface area (Å²) >= 11 is 0. The summed E-state index contributed by atoms with van der Waals surface area (Å²) in [6.45, 7) is 0. The van der Waals surface area contributed by atoms with Crippen molar-refractivity contribution in [3.8, 4) is 0 Å². The van der Waals surface area contributed by atoms with E-state index in [0.29, 0.717) is 0 Å². The molecule has 4 N–H and O–H groups in total. The molecule has 172 valence electrons. The molecule has 2 aromatic heterocycles. The van der Waals surface area contributed by atoms with Crippen LogP contribution in [0.2, 0.25) is 0 Å². The van der Waals surface area contributed by atoms with Gasteiger partial charge in [-0.05, 0) is 24.3 Å². The monoisotopic (exact) mass is 600 g/mol. The number of hydrogen-bond acceptors (Lipinski definition) is 12. The number of benzene rings is 2. The number of anilines is 2. The maximum Gasteiger partial charge on any atom is 2.00 e. The second-order valence-corrected chi connectivity index (χ2v) is 7.11. The van der Waals surface area contributed by atoms with Crippen molar-refractivity contribution in [2.24, 2.45) is 0 Å². The second kappa shape index (κ2) is 14.3. The molecule has 0 amide bonds. The Balaban J connectivity index is 0.000000441. The number of nitrogens with two attached hydrogens (primary N) is 2. The van der Waals surface area contributed by atoms with Crippen LogP contribution in [-0.2, 0) is 27.3 Å². The molecule has 0 aliphatic heterocycles. The van der Waals surface area contributed by atoms with Gasteiger partial charge in [-0.3, -0.25) is 9.97 Å². The maximum absolute atomic E-state index is 8.49. The van der Waals surface area contributed by atoms with Crippen molar-refractivity contribution in [3.63, 3.8) is 0 Å². The topological polar surface area (TPSA) is 262 Å². The fraction of sp³-hybridized carbons (Fsp3) is 0. The Labute approximate surface area is 212 Å².